The van der Waals surface area contributed by atoms with E-state index in [1.807, 2.05) is 0 Å². The van der Waals surface area contributed by atoms with Gasteiger partial charge in [-0.15, -0.1) is 0 Å². The Morgan fingerprint density at radius 2 is 1.91 bits per heavy atom. The molecule has 1 saturated heterocycles. The third kappa shape index (κ3) is 2.39. The van der Waals surface area contributed by atoms with Crippen molar-refractivity contribution in [2.24, 2.45) is 28.1 Å². The van der Waals surface area contributed by atoms with Crippen LogP contribution in [0.2, 0.25) is 0 Å². The van der Waals surface area contributed by atoms with Crippen molar-refractivity contribution in [2.75, 3.05) is 6.61 Å². The highest BCUT2D eigenvalue weighted by atomic mass is 16.5. The van der Waals surface area contributed by atoms with Crippen LogP contribution >= 0.6 is 0 Å². The molecule has 4 fully saturated rings. The lowest BCUT2D eigenvalue weighted by molar-refractivity contribution is -0.135. The van der Waals surface area contributed by atoms with Crippen molar-refractivity contribution >= 4 is 5.97 Å². The van der Waals surface area contributed by atoms with Crippen molar-refractivity contribution in [3.8, 4) is 0 Å². The number of allylic oxidation sites excluding steroid dienone is 1. The second-order valence-corrected chi connectivity index (χ2v) is 9.71. The highest BCUT2D eigenvalue weighted by molar-refractivity contribution is 5.90. The minimum absolute atomic E-state index is 0.0590. The Labute approximate surface area is 141 Å². The Hall–Kier alpha value is -0.790. The van der Waals surface area contributed by atoms with E-state index >= 15 is 0 Å². The van der Waals surface area contributed by atoms with Crippen molar-refractivity contribution in [3.63, 3.8) is 0 Å². The zero-order valence-electron chi connectivity index (χ0n) is 15.1. The summed E-state index contributed by atoms with van der Waals surface area (Å²) in [4.78, 5) is 11.8. The van der Waals surface area contributed by atoms with Gasteiger partial charge in [0, 0.05) is 12.0 Å². The maximum absolute atomic E-state index is 11.8. The fourth-order valence-electron chi connectivity index (χ4n) is 6.78. The molecule has 4 rings (SSSR count). The quantitative estimate of drug-likeness (QED) is 0.512. The molecule has 0 N–H and O–H groups in total. The van der Waals surface area contributed by atoms with Crippen molar-refractivity contribution in [1.29, 1.82) is 0 Å². The monoisotopic (exact) mass is 316 g/mol. The molecule has 0 aromatic rings. The van der Waals surface area contributed by atoms with Gasteiger partial charge in [0.15, 0.2) is 0 Å². The minimum Gasteiger partial charge on any atom is -0.462 e. The molecule has 0 aromatic carbocycles. The standard InChI is InChI=1S/C21H32O2/c1-19(2)9-4-10-20(3)16(19)7-11-21(12-13-21)17(20)6-5-15-8-14-23-18(15)22/h5,16-17H,4,6-14H2,1-3H3/b15-5+/t16-,17+,20-/m0/s1. The predicted octanol–water partition coefficient (Wildman–Crippen LogP) is 5.27. The van der Waals surface area contributed by atoms with Gasteiger partial charge in [0.2, 0.25) is 0 Å². The van der Waals surface area contributed by atoms with Crippen LogP contribution in [0.1, 0.15) is 78.6 Å². The number of esters is 1. The summed E-state index contributed by atoms with van der Waals surface area (Å²) in [5.41, 5.74) is 2.51. The molecular formula is C21H32O2. The molecule has 0 amide bonds. The SMILES string of the molecule is CC1(C)CCC[C@@]2(C)[C@H]1CCC1(CC1)[C@@H]2C/C=C1\CCOC1=O. The topological polar surface area (TPSA) is 26.3 Å². The van der Waals surface area contributed by atoms with E-state index in [-0.39, 0.29) is 5.97 Å². The van der Waals surface area contributed by atoms with Crippen molar-refractivity contribution in [2.45, 2.75) is 78.6 Å². The molecule has 0 radical (unpaired) electrons. The third-order valence-electron chi connectivity index (χ3n) is 8.10. The van der Waals surface area contributed by atoms with Crippen LogP contribution in [-0.4, -0.2) is 12.6 Å². The lowest BCUT2D eigenvalue weighted by Gasteiger charge is -2.60. The summed E-state index contributed by atoms with van der Waals surface area (Å²) < 4.78 is 5.13. The van der Waals surface area contributed by atoms with Gasteiger partial charge < -0.3 is 4.74 Å². The lowest BCUT2D eigenvalue weighted by atomic mass is 9.45. The zero-order valence-corrected chi connectivity index (χ0v) is 15.1. The molecule has 2 heteroatoms. The molecule has 1 aliphatic heterocycles. The number of fused-ring (bicyclic) bond motifs is 1. The fourth-order valence-corrected chi connectivity index (χ4v) is 6.78. The van der Waals surface area contributed by atoms with Crippen LogP contribution in [0, 0.1) is 28.1 Å². The Morgan fingerprint density at radius 1 is 1.13 bits per heavy atom. The van der Waals surface area contributed by atoms with E-state index in [2.05, 4.69) is 26.8 Å². The van der Waals surface area contributed by atoms with Crippen LogP contribution in [0.5, 0.6) is 0 Å². The van der Waals surface area contributed by atoms with Crippen LogP contribution in [0.3, 0.4) is 0 Å². The van der Waals surface area contributed by atoms with Crippen LogP contribution in [0.15, 0.2) is 11.6 Å². The van der Waals surface area contributed by atoms with E-state index in [1.54, 1.807) is 0 Å². The highest BCUT2D eigenvalue weighted by Crippen LogP contribution is 2.72. The minimum atomic E-state index is -0.0590. The second-order valence-electron chi connectivity index (χ2n) is 9.71. The molecule has 0 bridgehead atoms. The van der Waals surface area contributed by atoms with Crippen LogP contribution in [-0.2, 0) is 9.53 Å². The van der Waals surface area contributed by atoms with Gasteiger partial charge in [0.1, 0.15) is 0 Å². The van der Waals surface area contributed by atoms with E-state index in [1.165, 1.54) is 44.9 Å². The van der Waals surface area contributed by atoms with Crippen molar-refractivity contribution in [1.82, 2.24) is 0 Å². The molecule has 1 heterocycles. The molecule has 23 heavy (non-hydrogen) atoms. The molecular weight excluding hydrogens is 284 g/mol. The smallest absolute Gasteiger partial charge is 0.333 e. The van der Waals surface area contributed by atoms with Gasteiger partial charge in [0.05, 0.1) is 6.61 Å². The molecule has 4 aliphatic rings. The van der Waals surface area contributed by atoms with Gasteiger partial charge >= 0.3 is 5.97 Å². The number of ether oxygens (including phenoxy) is 1. The highest BCUT2D eigenvalue weighted by Gasteiger charge is 2.62. The molecule has 2 nitrogen and oxygen atoms in total. The maximum atomic E-state index is 11.8. The van der Waals surface area contributed by atoms with E-state index in [4.69, 9.17) is 4.74 Å². The van der Waals surface area contributed by atoms with Gasteiger partial charge in [0.25, 0.3) is 0 Å². The molecule has 0 aromatic heterocycles. The van der Waals surface area contributed by atoms with Gasteiger partial charge in [-0.3, -0.25) is 0 Å². The fraction of sp³-hybridized carbons (Fsp3) is 0.857. The summed E-state index contributed by atoms with van der Waals surface area (Å²) in [5.74, 6) is 1.57. The zero-order chi connectivity index (χ0) is 16.3. The van der Waals surface area contributed by atoms with Gasteiger partial charge in [-0.1, -0.05) is 33.3 Å². The normalized spacial score (nSPS) is 42.6. The van der Waals surface area contributed by atoms with Crippen molar-refractivity contribution in [3.05, 3.63) is 11.6 Å². The van der Waals surface area contributed by atoms with Gasteiger partial charge in [-0.05, 0) is 73.0 Å². The van der Waals surface area contributed by atoms with Gasteiger partial charge in [-0.2, -0.15) is 0 Å². The molecule has 0 unspecified atom stereocenters. The van der Waals surface area contributed by atoms with Crippen LogP contribution in [0.25, 0.3) is 0 Å². The summed E-state index contributed by atoms with van der Waals surface area (Å²) in [6.07, 6.45) is 14.1. The largest absolute Gasteiger partial charge is 0.462 e. The van der Waals surface area contributed by atoms with E-state index in [0.29, 0.717) is 22.9 Å². The lowest BCUT2D eigenvalue weighted by Crippen LogP contribution is -2.52. The first kappa shape index (κ1) is 15.7. The summed E-state index contributed by atoms with van der Waals surface area (Å²) in [6.45, 7) is 8.19. The Balaban J connectivity index is 1.63. The van der Waals surface area contributed by atoms with E-state index in [0.717, 1.165) is 30.3 Å². The number of carbonyl (C=O) groups is 1. The maximum Gasteiger partial charge on any atom is 0.333 e. The number of carbonyl (C=O) groups excluding carboxylic acids is 1. The van der Waals surface area contributed by atoms with Crippen molar-refractivity contribution < 1.29 is 9.53 Å². The van der Waals surface area contributed by atoms with Gasteiger partial charge in [-0.25, -0.2) is 4.79 Å². The average molecular weight is 316 g/mol. The average Bonchev–Trinajstić information content (AvgIpc) is 3.12. The predicted molar refractivity (Wildman–Crippen MR) is 91.9 cm³/mol. The first-order chi connectivity index (χ1) is 10.9. The first-order valence-electron chi connectivity index (χ1n) is 9.74. The summed E-state index contributed by atoms with van der Waals surface area (Å²) in [7, 11) is 0. The molecule has 3 aliphatic carbocycles. The summed E-state index contributed by atoms with van der Waals surface area (Å²) in [6, 6.07) is 0. The number of rotatable bonds is 2. The molecule has 3 atom stereocenters. The molecule has 1 spiro atoms. The van der Waals surface area contributed by atoms with E-state index < -0.39 is 0 Å². The Bertz CT molecular complexity index is 540. The first-order valence-corrected chi connectivity index (χ1v) is 9.74. The Kier molecular flexibility index (Phi) is 3.49. The number of hydrogen-bond acceptors (Lipinski definition) is 2. The summed E-state index contributed by atoms with van der Waals surface area (Å²) >= 11 is 0. The summed E-state index contributed by atoms with van der Waals surface area (Å²) in [5, 5.41) is 0. The van der Waals surface area contributed by atoms with Crippen LogP contribution < -0.4 is 0 Å². The van der Waals surface area contributed by atoms with Crippen LogP contribution in [0.4, 0.5) is 0 Å². The third-order valence-corrected chi connectivity index (χ3v) is 8.10. The molecule has 3 saturated carbocycles. The Morgan fingerprint density at radius 3 is 2.57 bits per heavy atom. The second kappa shape index (κ2) is 5.10. The number of hydrogen-bond donors (Lipinski definition) is 0. The van der Waals surface area contributed by atoms with E-state index in [9.17, 15) is 4.79 Å². The molecule has 128 valence electrons. The number of cyclic esters (lactones) is 1.